The van der Waals surface area contributed by atoms with Crippen LogP contribution < -0.4 is 10.1 Å². The van der Waals surface area contributed by atoms with Gasteiger partial charge in [0.1, 0.15) is 5.82 Å². The summed E-state index contributed by atoms with van der Waals surface area (Å²) in [7, 11) is 1.51. The molecule has 3 rings (SSSR count). The number of halogens is 1. The highest BCUT2D eigenvalue weighted by Crippen LogP contribution is 2.25. The lowest BCUT2D eigenvalue weighted by Gasteiger charge is -2.02. The molecule has 0 fully saturated rings. The van der Waals surface area contributed by atoms with E-state index in [1.165, 1.54) is 36.8 Å². The first kappa shape index (κ1) is 15.1. The Morgan fingerprint density at radius 1 is 1.30 bits per heavy atom. The lowest BCUT2D eigenvalue weighted by molar-refractivity contribution is 0.102. The minimum atomic E-state index is -0.328. The number of ether oxygens (including phenoxy) is 1. The molecule has 0 aliphatic carbocycles. The van der Waals surface area contributed by atoms with Crippen LogP contribution in [0, 0.1) is 5.82 Å². The smallest absolute Gasteiger partial charge is 0.259 e. The number of methoxy groups -OCH3 is 1. The molecule has 116 valence electrons. The van der Waals surface area contributed by atoms with E-state index in [9.17, 15) is 9.18 Å². The molecular formula is C16H12FN3O2S. The molecule has 3 aromatic rings. The molecule has 5 nitrogen and oxygen atoms in total. The standard InChI is InChI=1S/C16H12FN3O2S/c1-22-14-6-5-11(8-18-14)15(21)20-16-19-13(9-23-16)10-3-2-4-12(17)7-10/h2-9H,1H3,(H,19,20,21). The van der Waals surface area contributed by atoms with Crippen LogP contribution in [0.2, 0.25) is 0 Å². The Kier molecular flexibility index (Phi) is 4.29. The first-order chi connectivity index (χ1) is 11.2. The quantitative estimate of drug-likeness (QED) is 0.794. The van der Waals surface area contributed by atoms with Crippen LogP contribution >= 0.6 is 11.3 Å². The van der Waals surface area contributed by atoms with Crippen molar-refractivity contribution in [2.75, 3.05) is 12.4 Å². The van der Waals surface area contributed by atoms with E-state index in [4.69, 9.17) is 4.74 Å². The van der Waals surface area contributed by atoms with E-state index in [1.807, 2.05) is 0 Å². The molecule has 0 atom stereocenters. The molecule has 7 heteroatoms. The van der Waals surface area contributed by atoms with E-state index in [-0.39, 0.29) is 11.7 Å². The average molecular weight is 329 g/mol. The summed E-state index contributed by atoms with van der Waals surface area (Å²) in [6.07, 6.45) is 1.43. The fourth-order valence-corrected chi connectivity index (χ4v) is 2.63. The highest BCUT2D eigenvalue weighted by atomic mass is 32.1. The number of carbonyl (C=O) groups excluding carboxylic acids is 1. The van der Waals surface area contributed by atoms with Crippen molar-refractivity contribution in [2.24, 2.45) is 0 Å². The summed E-state index contributed by atoms with van der Waals surface area (Å²) in [6.45, 7) is 0. The number of thiazole rings is 1. The van der Waals surface area contributed by atoms with Crippen LogP contribution in [0.25, 0.3) is 11.3 Å². The number of pyridine rings is 1. The van der Waals surface area contributed by atoms with Crippen molar-refractivity contribution in [3.8, 4) is 17.1 Å². The number of rotatable bonds is 4. The lowest BCUT2D eigenvalue weighted by atomic mass is 10.2. The molecule has 1 amide bonds. The zero-order valence-corrected chi connectivity index (χ0v) is 12.9. The third-order valence-electron chi connectivity index (χ3n) is 3.05. The van der Waals surface area contributed by atoms with E-state index in [1.54, 1.807) is 29.6 Å². The van der Waals surface area contributed by atoms with Crippen molar-refractivity contribution < 1.29 is 13.9 Å². The van der Waals surface area contributed by atoms with Gasteiger partial charge in [-0.15, -0.1) is 11.3 Å². The molecule has 0 aliphatic rings. The number of nitrogens with zero attached hydrogens (tertiary/aromatic N) is 2. The molecule has 0 spiro atoms. The highest BCUT2D eigenvalue weighted by molar-refractivity contribution is 7.14. The number of benzene rings is 1. The molecule has 0 aliphatic heterocycles. The lowest BCUT2D eigenvalue weighted by Crippen LogP contribution is -2.12. The summed E-state index contributed by atoms with van der Waals surface area (Å²) in [5, 5.41) is 4.89. The minimum absolute atomic E-state index is 0.319. The van der Waals surface area contributed by atoms with Gasteiger partial charge in [0.25, 0.3) is 5.91 Å². The largest absolute Gasteiger partial charge is 0.481 e. The Bertz CT molecular complexity index is 833. The van der Waals surface area contributed by atoms with Crippen LogP contribution in [0.4, 0.5) is 9.52 Å². The predicted octanol–water partition coefficient (Wildman–Crippen LogP) is 3.61. The van der Waals surface area contributed by atoms with Gasteiger partial charge < -0.3 is 4.74 Å². The molecular weight excluding hydrogens is 317 g/mol. The van der Waals surface area contributed by atoms with E-state index < -0.39 is 0 Å². The van der Waals surface area contributed by atoms with Crippen LogP contribution in [0.15, 0.2) is 48.0 Å². The maximum Gasteiger partial charge on any atom is 0.259 e. The SMILES string of the molecule is COc1ccc(C(=O)Nc2nc(-c3cccc(F)c3)cs2)cn1. The fourth-order valence-electron chi connectivity index (χ4n) is 1.92. The molecule has 1 N–H and O–H groups in total. The normalized spacial score (nSPS) is 10.3. The molecule has 0 unspecified atom stereocenters. The summed E-state index contributed by atoms with van der Waals surface area (Å²) in [5.74, 6) is -0.213. The Morgan fingerprint density at radius 3 is 2.87 bits per heavy atom. The summed E-state index contributed by atoms with van der Waals surface area (Å²) < 4.78 is 18.2. The van der Waals surface area contributed by atoms with Gasteiger partial charge in [-0.2, -0.15) is 0 Å². The van der Waals surface area contributed by atoms with Crippen molar-refractivity contribution >= 4 is 22.4 Å². The first-order valence-corrected chi connectivity index (χ1v) is 7.56. The maximum absolute atomic E-state index is 13.2. The van der Waals surface area contributed by atoms with E-state index in [0.29, 0.717) is 27.8 Å². The van der Waals surface area contributed by atoms with Crippen molar-refractivity contribution in [3.05, 3.63) is 59.4 Å². The molecule has 1 aromatic carbocycles. The number of amides is 1. The van der Waals surface area contributed by atoms with Crippen molar-refractivity contribution in [3.63, 3.8) is 0 Å². The summed E-state index contributed by atoms with van der Waals surface area (Å²) in [6, 6.07) is 9.36. The maximum atomic E-state index is 13.2. The van der Waals surface area contributed by atoms with Gasteiger partial charge in [-0.05, 0) is 18.2 Å². The number of aromatic nitrogens is 2. The van der Waals surface area contributed by atoms with Gasteiger partial charge in [0.15, 0.2) is 5.13 Å². The molecule has 23 heavy (non-hydrogen) atoms. The third-order valence-corrected chi connectivity index (χ3v) is 3.81. The van der Waals surface area contributed by atoms with Crippen LogP contribution in [0.3, 0.4) is 0 Å². The Hall–Kier alpha value is -2.80. The monoisotopic (exact) mass is 329 g/mol. The molecule has 0 radical (unpaired) electrons. The van der Waals surface area contributed by atoms with Crippen molar-refractivity contribution in [1.29, 1.82) is 0 Å². The third kappa shape index (κ3) is 3.51. The van der Waals surface area contributed by atoms with Gasteiger partial charge in [-0.1, -0.05) is 12.1 Å². The highest BCUT2D eigenvalue weighted by Gasteiger charge is 2.11. The van der Waals surface area contributed by atoms with E-state index in [2.05, 4.69) is 15.3 Å². The van der Waals surface area contributed by atoms with E-state index >= 15 is 0 Å². The zero-order valence-electron chi connectivity index (χ0n) is 12.1. The average Bonchev–Trinajstić information content (AvgIpc) is 3.03. The van der Waals surface area contributed by atoms with Crippen LogP contribution in [0.1, 0.15) is 10.4 Å². The summed E-state index contributed by atoms with van der Waals surface area (Å²) in [5.41, 5.74) is 1.67. The Balaban J connectivity index is 1.74. The number of hydrogen-bond donors (Lipinski definition) is 1. The second kappa shape index (κ2) is 6.53. The molecule has 0 saturated heterocycles. The van der Waals surface area contributed by atoms with Crippen LogP contribution in [-0.4, -0.2) is 23.0 Å². The van der Waals surface area contributed by atoms with Crippen molar-refractivity contribution in [2.45, 2.75) is 0 Å². The van der Waals surface area contributed by atoms with Gasteiger partial charge >= 0.3 is 0 Å². The predicted molar refractivity (Wildman–Crippen MR) is 86.3 cm³/mol. The molecule has 2 heterocycles. The van der Waals surface area contributed by atoms with Gasteiger partial charge in [0.2, 0.25) is 5.88 Å². The number of nitrogens with one attached hydrogen (secondary N) is 1. The second-order valence-electron chi connectivity index (χ2n) is 4.59. The Labute approximate surface area is 135 Å². The van der Waals surface area contributed by atoms with Gasteiger partial charge in [-0.25, -0.2) is 14.4 Å². The number of anilines is 1. The van der Waals surface area contributed by atoms with Crippen LogP contribution in [-0.2, 0) is 0 Å². The van der Waals surface area contributed by atoms with Gasteiger partial charge in [0, 0.05) is 23.2 Å². The number of hydrogen-bond acceptors (Lipinski definition) is 5. The molecule has 0 saturated carbocycles. The van der Waals surface area contributed by atoms with Gasteiger partial charge in [-0.3, -0.25) is 10.1 Å². The van der Waals surface area contributed by atoms with Gasteiger partial charge in [0.05, 0.1) is 18.4 Å². The number of carbonyl (C=O) groups is 1. The molecule has 0 bridgehead atoms. The van der Waals surface area contributed by atoms with Crippen LogP contribution in [0.5, 0.6) is 5.88 Å². The zero-order chi connectivity index (χ0) is 16.2. The molecule has 2 aromatic heterocycles. The second-order valence-corrected chi connectivity index (χ2v) is 5.45. The Morgan fingerprint density at radius 2 is 2.17 bits per heavy atom. The fraction of sp³-hybridized carbons (Fsp3) is 0.0625. The topological polar surface area (TPSA) is 64.1 Å². The minimum Gasteiger partial charge on any atom is -0.481 e. The van der Waals surface area contributed by atoms with Crippen molar-refractivity contribution in [1.82, 2.24) is 9.97 Å². The summed E-state index contributed by atoms with van der Waals surface area (Å²) >= 11 is 1.27. The first-order valence-electron chi connectivity index (χ1n) is 6.68. The van der Waals surface area contributed by atoms with E-state index in [0.717, 1.165) is 0 Å². The summed E-state index contributed by atoms with van der Waals surface area (Å²) in [4.78, 5) is 20.4.